The van der Waals surface area contributed by atoms with Gasteiger partial charge in [0.15, 0.2) is 0 Å². The summed E-state index contributed by atoms with van der Waals surface area (Å²) >= 11 is 0.904. The number of hydrogen-bond acceptors (Lipinski definition) is 4. The molecule has 30 heavy (non-hydrogen) atoms. The van der Waals surface area contributed by atoms with Gasteiger partial charge < -0.3 is 5.32 Å². The Morgan fingerprint density at radius 1 is 0.900 bits per heavy atom. The molecule has 0 aromatic heterocycles. The van der Waals surface area contributed by atoms with Gasteiger partial charge in [0.1, 0.15) is 0 Å². The molecule has 4 rings (SSSR count). The summed E-state index contributed by atoms with van der Waals surface area (Å²) < 4.78 is 0. The SMILES string of the molecule is O=C1NC(=O)C(=Cc2ccc(-c3cccc(CNC(=O)c4ccccc4)c3)cc2)S1. The molecule has 3 aromatic carbocycles. The molecule has 148 valence electrons. The number of hydrogen-bond donors (Lipinski definition) is 2. The first-order valence-electron chi connectivity index (χ1n) is 9.36. The summed E-state index contributed by atoms with van der Waals surface area (Å²) in [4.78, 5) is 35.5. The van der Waals surface area contributed by atoms with Gasteiger partial charge in [0, 0.05) is 12.1 Å². The number of rotatable bonds is 5. The van der Waals surface area contributed by atoms with Crippen LogP contribution in [-0.4, -0.2) is 17.1 Å². The van der Waals surface area contributed by atoms with Crippen molar-refractivity contribution in [2.45, 2.75) is 6.54 Å². The largest absolute Gasteiger partial charge is 0.348 e. The Labute approximate surface area is 178 Å². The van der Waals surface area contributed by atoms with Crippen LogP contribution in [0.3, 0.4) is 0 Å². The molecule has 1 aliphatic rings. The van der Waals surface area contributed by atoms with Crippen molar-refractivity contribution in [2.24, 2.45) is 0 Å². The zero-order chi connectivity index (χ0) is 20.9. The van der Waals surface area contributed by atoms with Gasteiger partial charge in [0.05, 0.1) is 4.91 Å². The second kappa shape index (κ2) is 8.80. The van der Waals surface area contributed by atoms with E-state index in [2.05, 4.69) is 10.6 Å². The van der Waals surface area contributed by atoms with Crippen LogP contribution >= 0.6 is 11.8 Å². The van der Waals surface area contributed by atoms with Crippen molar-refractivity contribution < 1.29 is 14.4 Å². The molecule has 0 aliphatic carbocycles. The topological polar surface area (TPSA) is 75.3 Å². The summed E-state index contributed by atoms with van der Waals surface area (Å²) in [6.07, 6.45) is 1.70. The third-order valence-corrected chi connectivity index (χ3v) is 5.41. The molecule has 3 aromatic rings. The van der Waals surface area contributed by atoms with E-state index in [1.165, 1.54) is 0 Å². The second-order valence-corrected chi connectivity index (χ2v) is 7.74. The van der Waals surface area contributed by atoms with Crippen molar-refractivity contribution in [3.63, 3.8) is 0 Å². The van der Waals surface area contributed by atoms with Gasteiger partial charge in [-0.3, -0.25) is 19.7 Å². The van der Waals surface area contributed by atoms with Crippen LogP contribution in [-0.2, 0) is 11.3 Å². The van der Waals surface area contributed by atoms with Gasteiger partial charge in [0.2, 0.25) is 0 Å². The Morgan fingerprint density at radius 3 is 2.37 bits per heavy atom. The van der Waals surface area contributed by atoms with E-state index in [-0.39, 0.29) is 17.1 Å². The minimum absolute atomic E-state index is 0.106. The molecule has 0 unspecified atom stereocenters. The number of carbonyl (C=O) groups is 3. The zero-order valence-electron chi connectivity index (χ0n) is 15.9. The second-order valence-electron chi connectivity index (χ2n) is 6.72. The number of thioether (sulfide) groups is 1. The molecule has 0 bridgehead atoms. The third kappa shape index (κ3) is 4.67. The van der Waals surface area contributed by atoms with Crippen molar-refractivity contribution in [3.05, 3.63) is 100 Å². The Morgan fingerprint density at radius 2 is 1.67 bits per heavy atom. The molecular formula is C24H18N2O3S. The van der Waals surface area contributed by atoms with Gasteiger partial charge in [-0.25, -0.2) is 0 Å². The minimum atomic E-state index is -0.362. The van der Waals surface area contributed by atoms with Crippen molar-refractivity contribution in [3.8, 4) is 11.1 Å². The summed E-state index contributed by atoms with van der Waals surface area (Å²) in [5, 5.41) is 4.84. The fraction of sp³-hybridized carbons (Fsp3) is 0.0417. The van der Waals surface area contributed by atoms with Crippen LogP contribution in [0.25, 0.3) is 17.2 Å². The molecular weight excluding hydrogens is 396 g/mol. The van der Waals surface area contributed by atoms with Crippen LogP contribution in [0, 0.1) is 0 Å². The van der Waals surface area contributed by atoms with E-state index in [9.17, 15) is 14.4 Å². The molecule has 1 saturated heterocycles. The first-order chi connectivity index (χ1) is 14.6. The fourth-order valence-corrected chi connectivity index (χ4v) is 3.76. The van der Waals surface area contributed by atoms with E-state index >= 15 is 0 Å². The molecule has 0 radical (unpaired) electrons. The highest BCUT2D eigenvalue weighted by atomic mass is 32.2. The van der Waals surface area contributed by atoms with Gasteiger partial charge in [-0.15, -0.1) is 0 Å². The Hall–Kier alpha value is -3.64. The summed E-state index contributed by atoms with van der Waals surface area (Å²) in [6.45, 7) is 0.437. The molecule has 1 fully saturated rings. The third-order valence-electron chi connectivity index (χ3n) is 4.60. The highest BCUT2D eigenvalue weighted by molar-refractivity contribution is 8.18. The van der Waals surface area contributed by atoms with E-state index in [0.29, 0.717) is 17.0 Å². The molecule has 6 heteroatoms. The highest BCUT2D eigenvalue weighted by Crippen LogP contribution is 2.27. The van der Waals surface area contributed by atoms with Crippen molar-refractivity contribution >= 4 is 34.9 Å². The normalized spacial score (nSPS) is 14.6. The average molecular weight is 414 g/mol. The van der Waals surface area contributed by atoms with E-state index in [1.54, 1.807) is 18.2 Å². The number of imide groups is 1. The zero-order valence-corrected chi connectivity index (χ0v) is 16.7. The predicted molar refractivity (Wildman–Crippen MR) is 119 cm³/mol. The van der Waals surface area contributed by atoms with E-state index in [1.807, 2.05) is 66.7 Å². The fourth-order valence-electron chi connectivity index (χ4n) is 3.08. The summed E-state index contributed by atoms with van der Waals surface area (Å²) in [5.74, 6) is -0.468. The maximum Gasteiger partial charge on any atom is 0.290 e. The van der Waals surface area contributed by atoms with Gasteiger partial charge in [-0.2, -0.15) is 0 Å². The smallest absolute Gasteiger partial charge is 0.290 e. The lowest BCUT2D eigenvalue weighted by atomic mass is 10.0. The molecule has 2 N–H and O–H groups in total. The lowest BCUT2D eigenvalue weighted by molar-refractivity contribution is -0.115. The summed E-state index contributed by atoms with van der Waals surface area (Å²) in [6, 6.07) is 24.8. The molecule has 1 aliphatic heterocycles. The molecule has 0 spiro atoms. The van der Waals surface area contributed by atoms with Gasteiger partial charge in [-0.05, 0) is 58.3 Å². The lowest BCUT2D eigenvalue weighted by Crippen LogP contribution is -2.22. The van der Waals surface area contributed by atoms with Crippen LogP contribution in [0.5, 0.6) is 0 Å². The average Bonchev–Trinajstić information content (AvgIpc) is 3.10. The standard InChI is InChI=1S/C24H18N2O3S/c27-22(19-6-2-1-3-7-19)25-15-17-5-4-8-20(13-17)18-11-9-16(10-12-18)14-21-23(28)26-24(29)30-21/h1-14H,15H2,(H,25,27)(H,26,28,29). The predicted octanol–water partition coefficient (Wildman–Crippen LogP) is 4.61. The Bertz CT molecular complexity index is 1140. The number of amides is 3. The van der Waals surface area contributed by atoms with E-state index < -0.39 is 0 Å². The van der Waals surface area contributed by atoms with Crippen LogP contribution < -0.4 is 10.6 Å². The van der Waals surface area contributed by atoms with E-state index in [0.717, 1.165) is 34.0 Å². The van der Waals surface area contributed by atoms with Gasteiger partial charge >= 0.3 is 0 Å². The first kappa shape index (κ1) is 19.7. The van der Waals surface area contributed by atoms with Gasteiger partial charge in [0.25, 0.3) is 17.1 Å². The lowest BCUT2D eigenvalue weighted by Gasteiger charge is -2.08. The van der Waals surface area contributed by atoms with Crippen molar-refractivity contribution in [1.29, 1.82) is 0 Å². The highest BCUT2D eigenvalue weighted by Gasteiger charge is 2.24. The Kier molecular flexibility index (Phi) is 5.77. The first-order valence-corrected chi connectivity index (χ1v) is 10.2. The Balaban J connectivity index is 1.44. The summed E-state index contributed by atoms with van der Waals surface area (Å²) in [7, 11) is 0. The van der Waals surface area contributed by atoms with Crippen LogP contribution in [0.4, 0.5) is 4.79 Å². The van der Waals surface area contributed by atoms with Crippen molar-refractivity contribution in [1.82, 2.24) is 10.6 Å². The maximum absolute atomic E-state index is 12.2. The van der Waals surface area contributed by atoms with Crippen LogP contribution in [0.15, 0.2) is 83.8 Å². The van der Waals surface area contributed by atoms with Crippen molar-refractivity contribution in [2.75, 3.05) is 0 Å². The van der Waals surface area contributed by atoms with Crippen LogP contribution in [0.2, 0.25) is 0 Å². The van der Waals surface area contributed by atoms with Gasteiger partial charge in [-0.1, -0.05) is 60.7 Å². The molecule has 0 saturated carbocycles. The molecule has 5 nitrogen and oxygen atoms in total. The van der Waals surface area contributed by atoms with E-state index in [4.69, 9.17) is 0 Å². The number of carbonyl (C=O) groups excluding carboxylic acids is 3. The minimum Gasteiger partial charge on any atom is -0.348 e. The molecule has 3 amide bonds. The van der Waals surface area contributed by atoms with Crippen LogP contribution in [0.1, 0.15) is 21.5 Å². The molecule has 0 atom stereocenters. The summed E-state index contributed by atoms with van der Waals surface area (Å²) in [5.41, 5.74) is 4.53. The number of nitrogens with one attached hydrogen (secondary N) is 2. The monoisotopic (exact) mass is 414 g/mol. The quantitative estimate of drug-likeness (QED) is 0.598. The maximum atomic E-state index is 12.2. The number of benzene rings is 3. The molecule has 1 heterocycles.